The molecule has 0 aliphatic carbocycles. The van der Waals surface area contributed by atoms with E-state index in [0.29, 0.717) is 0 Å². The van der Waals surface area contributed by atoms with Crippen molar-refractivity contribution in [3.63, 3.8) is 0 Å². The summed E-state index contributed by atoms with van der Waals surface area (Å²) >= 11 is 0. The van der Waals surface area contributed by atoms with E-state index in [1.165, 1.54) is 22.5 Å². The van der Waals surface area contributed by atoms with E-state index in [1.807, 2.05) is 54.6 Å². The van der Waals surface area contributed by atoms with Crippen molar-refractivity contribution in [3.8, 4) is 0 Å². The van der Waals surface area contributed by atoms with Gasteiger partial charge in [0, 0.05) is 39.4 Å². The molecule has 0 radical (unpaired) electrons. The molecule has 0 bridgehead atoms. The van der Waals surface area contributed by atoms with Crippen LogP contribution in [-0.4, -0.2) is 4.98 Å². The largest absolute Gasteiger partial charge is 0.310 e. The summed E-state index contributed by atoms with van der Waals surface area (Å²) in [5.74, 6) is 0. The van der Waals surface area contributed by atoms with Crippen LogP contribution in [0.2, 0.25) is 0 Å². The van der Waals surface area contributed by atoms with E-state index in [4.69, 9.17) is 0 Å². The number of hydrogen-bond acceptors (Lipinski definition) is 3. The van der Waals surface area contributed by atoms with Crippen LogP contribution < -0.4 is 20.8 Å². The maximum absolute atomic E-state index is 14.7. The average molecular weight is 487 g/mol. The standard InChI is InChI=1S/C32H27N2OP/c1-32(2)28-14-6-8-16-30(28)34(31-17-9-7-15-29(31)32)24-18-20-26(21-19-24)36(35,25-11-4-3-5-12-25)27-13-10-22-33-23-27/h3-23H,1-2H3. The second-order valence-corrected chi connectivity index (χ2v) is 12.4. The molecule has 0 spiro atoms. The molecule has 0 N–H and O–H groups in total. The molecule has 1 aliphatic heterocycles. The highest BCUT2D eigenvalue weighted by molar-refractivity contribution is 7.85. The van der Waals surface area contributed by atoms with Gasteiger partial charge < -0.3 is 9.46 Å². The summed E-state index contributed by atoms with van der Waals surface area (Å²) in [6.45, 7) is 4.57. The highest BCUT2D eigenvalue weighted by Gasteiger charge is 2.36. The predicted octanol–water partition coefficient (Wildman–Crippen LogP) is 6.83. The molecule has 4 heteroatoms. The van der Waals surface area contributed by atoms with E-state index in [1.54, 1.807) is 12.4 Å². The third-order valence-electron chi connectivity index (χ3n) is 7.24. The molecule has 6 rings (SSSR count). The van der Waals surface area contributed by atoms with Crippen LogP contribution in [0.5, 0.6) is 0 Å². The summed E-state index contributed by atoms with van der Waals surface area (Å²) in [4.78, 5) is 6.59. The van der Waals surface area contributed by atoms with E-state index in [0.717, 1.165) is 21.6 Å². The van der Waals surface area contributed by atoms with Crippen LogP contribution in [-0.2, 0) is 9.98 Å². The Balaban J connectivity index is 1.51. The van der Waals surface area contributed by atoms with E-state index >= 15 is 0 Å². The van der Waals surface area contributed by atoms with Gasteiger partial charge in [0.2, 0.25) is 0 Å². The maximum Gasteiger partial charge on any atom is 0.172 e. The molecule has 176 valence electrons. The number of anilines is 3. The minimum atomic E-state index is -3.07. The molecule has 1 atom stereocenters. The molecule has 0 fully saturated rings. The van der Waals surface area contributed by atoms with Gasteiger partial charge in [-0.05, 0) is 59.7 Å². The molecular formula is C32H27N2OP. The zero-order valence-corrected chi connectivity index (χ0v) is 21.3. The third-order valence-corrected chi connectivity index (χ3v) is 10.3. The molecule has 4 aromatic carbocycles. The van der Waals surface area contributed by atoms with Gasteiger partial charge in [0.15, 0.2) is 7.14 Å². The van der Waals surface area contributed by atoms with Crippen molar-refractivity contribution in [1.82, 2.24) is 4.98 Å². The number of hydrogen-bond donors (Lipinski definition) is 0. The molecule has 0 saturated carbocycles. The third kappa shape index (κ3) is 3.43. The predicted molar refractivity (Wildman–Crippen MR) is 150 cm³/mol. The minimum Gasteiger partial charge on any atom is -0.310 e. The van der Waals surface area contributed by atoms with Gasteiger partial charge in [-0.1, -0.05) is 80.6 Å². The normalized spacial score (nSPS) is 15.4. The van der Waals surface area contributed by atoms with Gasteiger partial charge in [0.25, 0.3) is 0 Å². The summed E-state index contributed by atoms with van der Waals surface area (Å²) in [5, 5.41) is 2.34. The highest BCUT2D eigenvalue weighted by Crippen LogP contribution is 2.51. The highest BCUT2D eigenvalue weighted by atomic mass is 31.2. The number of aromatic nitrogens is 1. The fraction of sp³-hybridized carbons (Fsp3) is 0.0938. The maximum atomic E-state index is 14.7. The van der Waals surface area contributed by atoms with Crippen LogP contribution in [0.3, 0.4) is 0 Å². The Morgan fingerprint density at radius 3 is 1.72 bits per heavy atom. The first-order valence-corrected chi connectivity index (χ1v) is 13.9. The smallest absolute Gasteiger partial charge is 0.172 e. The van der Waals surface area contributed by atoms with Gasteiger partial charge in [0.1, 0.15) is 0 Å². The lowest BCUT2D eigenvalue weighted by Gasteiger charge is -2.42. The number of pyridine rings is 1. The van der Waals surface area contributed by atoms with Crippen molar-refractivity contribution in [2.24, 2.45) is 0 Å². The summed E-state index contributed by atoms with van der Waals surface area (Å²) in [6.07, 6.45) is 3.44. The Labute approximate surface area is 212 Å². The Morgan fingerprint density at radius 1 is 0.611 bits per heavy atom. The zero-order chi connectivity index (χ0) is 24.8. The van der Waals surface area contributed by atoms with Crippen LogP contribution in [0.25, 0.3) is 0 Å². The fourth-order valence-electron chi connectivity index (χ4n) is 5.38. The molecule has 2 heterocycles. The Kier molecular flexibility index (Phi) is 5.39. The Hall–Kier alpha value is -3.94. The topological polar surface area (TPSA) is 33.2 Å². The second-order valence-electron chi connectivity index (χ2n) is 9.67. The lowest BCUT2D eigenvalue weighted by atomic mass is 9.73. The lowest BCUT2D eigenvalue weighted by molar-refractivity contribution is 0.592. The number of rotatable bonds is 4. The van der Waals surface area contributed by atoms with E-state index in [-0.39, 0.29) is 5.41 Å². The van der Waals surface area contributed by atoms with Gasteiger partial charge in [-0.25, -0.2) is 0 Å². The first-order valence-electron chi connectivity index (χ1n) is 12.2. The molecule has 0 saturated heterocycles. The quantitative estimate of drug-likeness (QED) is 0.261. The zero-order valence-electron chi connectivity index (χ0n) is 20.4. The van der Waals surface area contributed by atoms with Crippen molar-refractivity contribution in [2.45, 2.75) is 19.3 Å². The van der Waals surface area contributed by atoms with Crippen LogP contribution in [0, 0.1) is 0 Å². The Bertz CT molecular complexity index is 1490. The first kappa shape index (κ1) is 22.5. The monoisotopic (exact) mass is 486 g/mol. The Morgan fingerprint density at radius 2 is 1.14 bits per heavy atom. The van der Waals surface area contributed by atoms with Crippen LogP contribution >= 0.6 is 7.14 Å². The van der Waals surface area contributed by atoms with Gasteiger partial charge >= 0.3 is 0 Å². The number of benzene rings is 4. The average Bonchev–Trinajstić information content (AvgIpc) is 2.94. The van der Waals surface area contributed by atoms with Gasteiger partial charge in [-0.3, -0.25) is 4.98 Å². The van der Waals surface area contributed by atoms with Crippen molar-refractivity contribution in [3.05, 3.63) is 139 Å². The van der Waals surface area contributed by atoms with Gasteiger partial charge in [0.05, 0.1) is 11.4 Å². The molecule has 5 aromatic rings. The molecule has 1 unspecified atom stereocenters. The fourth-order valence-corrected chi connectivity index (χ4v) is 7.96. The summed E-state index contributed by atoms with van der Waals surface area (Å²) in [6, 6.07) is 38.9. The van der Waals surface area contributed by atoms with Crippen molar-refractivity contribution < 1.29 is 4.57 Å². The SMILES string of the molecule is CC1(C)c2ccccc2N(c2ccc(P(=O)(c3ccccc3)c3cccnc3)cc2)c2ccccc21. The lowest BCUT2D eigenvalue weighted by Crippen LogP contribution is -2.30. The van der Waals surface area contributed by atoms with E-state index in [2.05, 4.69) is 84.4 Å². The van der Waals surface area contributed by atoms with E-state index < -0.39 is 7.14 Å². The summed E-state index contributed by atoms with van der Waals surface area (Å²) in [7, 11) is -3.07. The second kappa shape index (κ2) is 8.62. The molecule has 0 amide bonds. The molecule has 3 nitrogen and oxygen atoms in total. The molecule has 1 aliphatic rings. The number of nitrogens with zero attached hydrogens (tertiary/aromatic N) is 2. The summed E-state index contributed by atoms with van der Waals surface area (Å²) < 4.78 is 14.7. The summed E-state index contributed by atoms with van der Waals surface area (Å²) in [5.41, 5.74) is 5.86. The van der Waals surface area contributed by atoms with Gasteiger partial charge in [-0.15, -0.1) is 0 Å². The number of para-hydroxylation sites is 2. The molecule has 1 aromatic heterocycles. The number of fused-ring (bicyclic) bond motifs is 2. The van der Waals surface area contributed by atoms with Gasteiger partial charge in [-0.2, -0.15) is 0 Å². The van der Waals surface area contributed by atoms with E-state index in [9.17, 15) is 4.57 Å². The van der Waals surface area contributed by atoms with Crippen molar-refractivity contribution in [1.29, 1.82) is 0 Å². The van der Waals surface area contributed by atoms with Crippen molar-refractivity contribution in [2.75, 3.05) is 4.90 Å². The molecular weight excluding hydrogens is 459 g/mol. The van der Waals surface area contributed by atoms with Crippen molar-refractivity contribution >= 4 is 40.1 Å². The van der Waals surface area contributed by atoms with Crippen LogP contribution in [0.4, 0.5) is 17.1 Å². The van der Waals surface area contributed by atoms with Crippen LogP contribution in [0.1, 0.15) is 25.0 Å². The molecule has 36 heavy (non-hydrogen) atoms. The van der Waals surface area contributed by atoms with Crippen LogP contribution in [0.15, 0.2) is 128 Å². The first-order chi connectivity index (χ1) is 17.5. The minimum absolute atomic E-state index is 0.104.